The topological polar surface area (TPSA) is 73.9 Å². The first kappa shape index (κ1) is 18.2. The van der Waals surface area contributed by atoms with Gasteiger partial charge in [-0.05, 0) is 50.5 Å². The number of imidazole rings is 1. The van der Waals surface area contributed by atoms with Gasteiger partial charge in [0, 0.05) is 36.5 Å². The van der Waals surface area contributed by atoms with Crippen molar-refractivity contribution in [1.82, 2.24) is 15.0 Å². The molecular formula is C22H25N5O. The van der Waals surface area contributed by atoms with E-state index in [2.05, 4.69) is 32.1 Å². The van der Waals surface area contributed by atoms with Crippen LogP contribution in [0, 0.1) is 13.8 Å². The van der Waals surface area contributed by atoms with Crippen LogP contribution in [-0.4, -0.2) is 33.9 Å². The average molecular weight is 375 g/mol. The molecule has 28 heavy (non-hydrogen) atoms. The highest BCUT2D eigenvalue weighted by molar-refractivity contribution is 6.06. The molecule has 0 spiro atoms. The largest absolute Gasteiger partial charge is 0.355 e. The molecule has 1 aliphatic heterocycles. The Morgan fingerprint density at radius 3 is 2.61 bits per heavy atom. The number of nitrogens with zero attached hydrogens (tertiary/aromatic N) is 3. The first-order valence-corrected chi connectivity index (χ1v) is 9.70. The summed E-state index contributed by atoms with van der Waals surface area (Å²) in [6, 6.07) is 11.4. The van der Waals surface area contributed by atoms with Gasteiger partial charge in [0.05, 0.1) is 17.7 Å². The Bertz CT molecular complexity index is 972. The molecule has 1 amide bonds. The highest BCUT2D eigenvalue weighted by Gasteiger charge is 2.25. The van der Waals surface area contributed by atoms with E-state index in [4.69, 9.17) is 0 Å². The lowest BCUT2D eigenvalue weighted by molar-refractivity contribution is 0.102. The van der Waals surface area contributed by atoms with Gasteiger partial charge in [-0.2, -0.15) is 0 Å². The molecule has 3 heterocycles. The van der Waals surface area contributed by atoms with Crippen molar-refractivity contribution in [3.8, 4) is 0 Å². The number of piperidine rings is 1. The number of anilines is 2. The lowest BCUT2D eigenvalue weighted by atomic mass is 9.92. The Morgan fingerprint density at radius 1 is 1.11 bits per heavy atom. The predicted molar refractivity (Wildman–Crippen MR) is 111 cm³/mol. The molecule has 4 rings (SSSR count). The van der Waals surface area contributed by atoms with Crippen LogP contribution in [0.5, 0.6) is 0 Å². The van der Waals surface area contributed by atoms with E-state index in [0.29, 0.717) is 11.5 Å². The SMILES string of the molecule is Cc1ccccc1C(=O)Nc1cccnc1N1CCC(c2[nH]cnc2C)CC1. The van der Waals surface area contributed by atoms with Crippen LogP contribution >= 0.6 is 0 Å². The Hall–Kier alpha value is -3.15. The van der Waals surface area contributed by atoms with E-state index in [9.17, 15) is 4.79 Å². The molecule has 1 saturated heterocycles. The number of amides is 1. The highest BCUT2D eigenvalue weighted by Crippen LogP contribution is 2.32. The number of nitrogens with one attached hydrogen (secondary N) is 2. The van der Waals surface area contributed by atoms with Gasteiger partial charge < -0.3 is 15.2 Å². The van der Waals surface area contributed by atoms with E-state index < -0.39 is 0 Å². The van der Waals surface area contributed by atoms with Gasteiger partial charge >= 0.3 is 0 Å². The Balaban J connectivity index is 1.49. The van der Waals surface area contributed by atoms with Crippen LogP contribution in [0.4, 0.5) is 11.5 Å². The Morgan fingerprint density at radius 2 is 1.89 bits per heavy atom. The third-order valence-corrected chi connectivity index (χ3v) is 5.50. The quantitative estimate of drug-likeness (QED) is 0.721. The van der Waals surface area contributed by atoms with E-state index in [1.807, 2.05) is 43.3 Å². The van der Waals surface area contributed by atoms with Gasteiger partial charge in [0.1, 0.15) is 0 Å². The molecule has 0 radical (unpaired) electrons. The molecule has 1 aromatic carbocycles. The molecule has 1 aliphatic rings. The molecular weight excluding hydrogens is 350 g/mol. The van der Waals surface area contributed by atoms with E-state index in [-0.39, 0.29) is 5.91 Å². The Labute approximate surface area is 165 Å². The molecule has 3 aromatic rings. The zero-order valence-corrected chi connectivity index (χ0v) is 16.3. The first-order valence-electron chi connectivity index (χ1n) is 9.70. The fourth-order valence-corrected chi connectivity index (χ4v) is 3.93. The second-order valence-electron chi connectivity index (χ2n) is 7.31. The number of aryl methyl sites for hydroxylation is 2. The van der Waals surface area contributed by atoms with E-state index >= 15 is 0 Å². The smallest absolute Gasteiger partial charge is 0.256 e. The minimum absolute atomic E-state index is 0.102. The van der Waals surface area contributed by atoms with E-state index in [0.717, 1.165) is 48.7 Å². The molecule has 0 atom stereocenters. The van der Waals surface area contributed by atoms with Gasteiger partial charge in [0.15, 0.2) is 5.82 Å². The van der Waals surface area contributed by atoms with Crippen LogP contribution in [0.15, 0.2) is 48.9 Å². The first-order chi connectivity index (χ1) is 13.6. The fourth-order valence-electron chi connectivity index (χ4n) is 3.93. The summed E-state index contributed by atoms with van der Waals surface area (Å²) < 4.78 is 0. The van der Waals surface area contributed by atoms with Crippen molar-refractivity contribution in [3.63, 3.8) is 0 Å². The summed E-state index contributed by atoms with van der Waals surface area (Å²) >= 11 is 0. The third-order valence-electron chi connectivity index (χ3n) is 5.50. The summed E-state index contributed by atoms with van der Waals surface area (Å²) in [5.74, 6) is 1.23. The predicted octanol–water partition coefficient (Wildman–Crippen LogP) is 4.06. The van der Waals surface area contributed by atoms with E-state index in [1.54, 1.807) is 12.5 Å². The van der Waals surface area contributed by atoms with Crippen molar-refractivity contribution in [1.29, 1.82) is 0 Å². The standard InChI is InChI=1S/C22H25N5O/c1-15-6-3-4-7-18(15)22(28)26-19-8-5-11-23-21(19)27-12-9-17(10-13-27)20-16(2)24-14-25-20/h3-8,11,14,17H,9-10,12-13H2,1-2H3,(H,24,25)(H,26,28). The van der Waals surface area contributed by atoms with Crippen molar-refractivity contribution >= 4 is 17.4 Å². The lowest BCUT2D eigenvalue weighted by Crippen LogP contribution is -2.34. The van der Waals surface area contributed by atoms with Crippen LogP contribution in [0.1, 0.15) is 46.1 Å². The van der Waals surface area contributed by atoms with Gasteiger partial charge in [0.2, 0.25) is 0 Å². The van der Waals surface area contributed by atoms with Crippen LogP contribution in [0.3, 0.4) is 0 Å². The average Bonchev–Trinajstić information content (AvgIpc) is 3.15. The number of aromatic nitrogens is 3. The van der Waals surface area contributed by atoms with Crippen LogP contribution in [-0.2, 0) is 0 Å². The second-order valence-corrected chi connectivity index (χ2v) is 7.31. The zero-order valence-electron chi connectivity index (χ0n) is 16.3. The molecule has 0 aliphatic carbocycles. The number of carbonyl (C=O) groups is 1. The molecule has 0 unspecified atom stereocenters. The van der Waals surface area contributed by atoms with Crippen LogP contribution in [0.2, 0.25) is 0 Å². The fraction of sp³-hybridized carbons (Fsp3) is 0.318. The summed E-state index contributed by atoms with van der Waals surface area (Å²) in [5.41, 5.74) is 4.73. The maximum absolute atomic E-state index is 12.7. The number of aromatic amines is 1. The van der Waals surface area contributed by atoms with Crippen molar-refractivity contribution in [2.75, 3.05) is 23.3 Å². The molecule has 6 nitrogen and oxygen atoms in total. The summed E-state index contributed by atoms with van der Waals surface area (Å²) in [7, 11) is 0. The van der Waals surface area contributed by atoms with Crippen molar-refractivity contribution in [2.24, 2.45) is 0 Å². The maximum Gasteiger partial charge on any atom is 0.256 e. The molecule has 1 fully saturated rings. The number of hydrogen-bond acceptors (Lipinski definition) is 4. The van der Waals surface area contributed by atoms with Gasteiger partial charge in [-0.15, -0.1) is 0 Å². The normalized spacial score (nSPS) is 14.9. The number of hydrogen-bond donors (Lipinski definition) is 2. The molecule has 0 bridgehead atoms. The number of benzene rings is 1. The second kappa shape index (κ2) is 7.84. The number of H-pyrrole nitrogens is 1. The highest BCUT2D eigenvalue weighted by atomic mass is 16.1. The minimum Gasteiger partial charge on any atom is -0.355 e. The number of pyridine rings is 1. The van der Waals surface area contributed by atoms with Gasteiger partial charge in [-0.25, -0.2) is 9.97 Å². The zero-order chi connectivity index (χ0) is 19.5. The van der Waals surface area contributed by atoms with Crippen molar-refractivity contribution in [3.05, 3.63) is 71.4 Å². The summed E-state index contributed by atoms with van der Waals surface area (Å²) in [6.07, 6.45) is 5.62. The van der Waals surface area contributed by atoms with Crippen molar-refractivity contribution in [2.45, 2.75) is 32.6 Å². The molecule has 2 aromatic heterocycles. The summed E-state index contributed by atoms with van der Waals surface area (Å²) in [5, 5.41) is 3.05. The third kappa shape index (κ3) is 3.63. The number of carbonyl (C=O) groups excluding carboxylic acids is 1. The lowest BCUT2D eigenvalue weighted by Gasteiger charge is -2.33. The molecule has 0 saturated carbocycles. The molecule has 2 N–H and O–H groups in total. The Kier molecular flexibility index (Phi) is 5.10. The maximum atomic E-state index is 12.7. The van der Waals surface area contributed by atoms with Crippen molar-refractivity contribution < 1.29 is 4.79 Å². The van der Waals surface area contributed by atoms with Gasteiger partial charge in [-0.3, -0.25) is 4.79 Å². The monoisotopic (exact) mass is 375 g/mol. The minimum atomic E-state index is -0.102. The van der Waals surface area contributed by atoms with E-state index in [1.165, 1.54) is 5.69 Å². The summed E-state index contributed by atoms with van der Waals surface area (Å²) in [6.45, 7) is 5.79. The summed E-state index contributed by atoms with van der Waals surface area (Å²) in [4.78, 5) is 27.2. The van der Waals surface area contributed by atoms with Gasteiger partial charge in [-0.1, -0.05) is 18.2 Å². The van der Waals surface area contributed by atoms with Crippen LogP contribution in [0.25, 0.3) is 0 Å². The van der Waals surface area contributed by atoms with Crippen LogP contribution < -0.4 is 10.2 Å². The number of rotatable bonds is 4. The van der Waals surface area contributed by atoms with Gasteiger partial charge in [0.25, 0.3) is 5.91 Å². The molecule has 6 heteroatoms. The molecule has 144 valence electrons.